The smallest absolute Gasteiger partial charge is 0.406 e. The zero-order chi connectivity index (χ0) is 12.5. The van der Waals surface area contributed by atoms with E-state index in [2.05, 4.69) is 15.1 Å². The standard InChI is InChI=1S/C10H8F3N3O/c11-10(12,13)17-7-2-1-6-3-4-15-9(16-14)8(6)5-7/h1-5H,14H2,(H,15,16). The molecule has 0 saturated carbocycles. The maximum atomic E-state index is 12.0. The molecule has 7 heteroatoms. The molecule has 0 radical (unpaired) electrons. The number of anilines is 1. The van der Waals surface area contributed by atoms with Gasteiger partial charge in [-0.15, -0.1) is 13.2 Å². The molecule has 3 N–H and O–H groups in total. The number of rotatable bonds is 2. The van der Waals surface area contributed by atoms with Crippen LogP contribution in [0, 0.1) is 0 Å². The molecule has 0 aliphatic carbocycles. The van der Waals surface area contributed by atoms with Gasteiger partial charge in [0.1, 0.15) is 11.6 Å². The number of ether oxygens (including phenoxy) is 1. The third-order valence-electron chi connectivity index (χ3n) is 2.11. The lowest BCUT2D eigenvalue weighted by Crippen LogP contribution is -2.17. The molecule has 0 atom stereocenters. The second kappa shape index (κ2) is 4.10. The Morgan fingerprint density at radius 3 is 2.65 bits per heavy atom. The predicted molar refractivity (Wildman–Crippen MR) is 56.2 cm³/mol. The van der Waals surface area contributed by atoms with Crippen molar-refractivity contribution in [3.8, 4) is 5.75 Å². The van der Waals surface area contributed by atoms with Gasteiger partial charge >= 0.3 is 6.36 Å². The number of nitrogen functional groups attached to an aromatic ring is 1. The first-order valence-electron chi connectivity index (χ1n) is 4.61. The van der Waals surface area contributed by atoms with Gasteiger partial charge in [0.25, 0.3) is 0 Å². The Kier molecular flexibility index (Phi) is 2.76. The van der Waals surface area contributed by atoms with Gasteiger partial charge in [0.05, 0.1) is 0 Å². The fourth-order valence-corrected chi connectivity index (χ4v) is 1.46. The van der Waals surface area contributed by atoms with Crippen LogP contribution in [0.5, 0.6) is 5.75 Å². The summed E-state index contributed by atoms with van der Waals surface area (Å²) < 4.78 is 40.0. The van der Waals surface area contributed by atoms with Gasteiger partial charge in [-0.2, -0.15) is 0 Å². The van der Waals surface area contributed by atoms with Crippen LogP contribution in [0.2, 0.25) is 0 Å². The normalized spacial score (nSPS) is 11.5. The maximum absolute atomic E-state index is 12.0. The molecule has 1 heterocycles. The van der Waals surface area contributed by atoms with Crippen molar-refractivity contribution in [2.24, 2.45) is 5.84 Å². The molecule has 0 aliphatic heterocycles. The Balaban J connectivity index is 2.48. The molecule has 17 heavy (non-hydrogen) atoms. The second-order valence-electron chi connectivity index (χ2n) is 3.23. The van der Waals surface area contributed by atoms with Crippen LogP contribution in [0.3, 0.4) is 0 Å². The molecule has 0 fully saturated rings. The summed E-state index contributed by atoms with van der Waals surface area (Å²) in [7, 11) is 0. The van der Waals surface area contributed by atoms with E-state index in [0.29, 0.717) is 10.8 Å². The largest absolute Gasteiger partial charge is 0.573 e. The van der Waals surface area contributed by atoms with Gasteiger partial charge in [0.2, 0.25) is 0 Å². The van der Waals surface area contributed by atoms with Crippen molar-refractivity contribution >= 4 is 16.6 Å². The number of nitrogens with zero attached hydrogens (tertiary/aromatic N) is 1. The molecule has 2 rings (SSSR count). The summed E-state index contributed by atoms with van der Waals surface area (Å²) in [5, 5.41) is 1.17. The SMILES string of the molecule is NNc1nccc2ccc(OC(F)(F)F)cc12. The minimum atomic E-state index is -4.72. The summed E-state index contributed by atoms with van der Waals surface area (Å²) in [5.41, 5.74) is 2.31. The van der Waals surface area contributed by atoms with E-state index in [1.165, 1.54) is 24.4 Å². The summed E-state index contributed by atoms with van der Waals surface area (Å²) in [6.07, 6.45) is -3.21. The van der Waals surface area contributed by atoms with E-state index in [4.69, 9.17) is 5.84 Å². The van der Waals surface area contributed by atoms with Crippen molar-refractivity contribution in [2.45, 2.75) is 6.36 Å². The molecule has 0 bridgehead atoms. The maximum Gasteiger partial charge on any atom is 0.573 e. The highest BCUT2D eigenvalue weighted by atomic mass is 19.4. The number of hydrogen-bond acceptors (Lipinski definition) is 4. The van der Waals surface area contributed by atoms with Crippen LogP contribution in [0.4, 0.5) is 19.0 Å². The number of hydrogen-bond donors (Lipinski definition) is 2. The first-order valence-corrected chi connectivity index (χ1v) is 4.61. The zero-order valence-electron chi connectivity index (χ0n) is 8.45. The highest BCUT2D eigenvalue weighted by Gasteiger charge is 2.31. The van der Waals surface area contributed by atoms with Gasteiger partial charge < -0.3 is 10.2 Å². The third-order valence-corrected chi connectivity index (χ3v) is 2.11. The molecule has 0 spiro atoms. The van der Waals surface area contributed by atoms with Gasteiger partial charge in [-0.1, -0.05) is 6.07 Å². The van der Waals surface area contributed by atoms with Gasteiger partial charge in [-0.25, -0.2) is 10.8 Å². The first kappa shape index (κ1) is 11.5. The predicted octanol–water partition coefficient (Wildman–Crippen LogP) is 2.42. The lowest BCUT2D eigenvalue weighted by molar-refractivity contribution is -0.274. The van der Waals surface area contributed by atoms with Gasteiger partial charge in [0, 0.05) is 11.6 Å². The topological polar surface area (TPSA) is 60.2 Å². The Morgan fingerprint density at radius 2 is 2.00 bits per heavy atom. The minimum Gasteiger partial charge on any atom is -0.406 e. The summed E-state index contributed by atoms with van der Waals surface area (Å²) in [6.45, 7) is 0. The molecule has 0 aliphatic rings. The van der Waals surface area contributed by atoms with Gasteiger partial charge in [-0.05, 0) is 23.6 Å². The Morgan fingerprint density at radius 1 is 1.24 bits per heavy atom. The van der Waals surface area contributed by atoms with Crippen molar-refractivity contribution < 1.29 is 17.9 Å². The number of nitrogens with one attached hydrogen (secondary N) is 1. The van der Waals surface area contributed by atoms with Crippen LogP contribution in [0.25, 0.3) is 10.8 Å². The van der Waals surface area contributed by atoms with Crippen LogP contribution < -0.4 is 16.0 Å². The van der Waals surface area contributed by atoms with Crippen molar-refractivity contribution in [3.05, 3.63) is 30.5 Å². The zero-order valence-corrected chi connectivity index (χ0v) is 8.45. The van der Waals surface area contributed by atoms with Gasteiger partial charge in [0.15, 0.2) is 0 Å². The van der Waals surface area contributed by atoms with E-state index in [1.54, 1.807) is 6.07 Å². The fraction of sp³-hybridized carbons (Fsp3) is 0.100. The molecular formula is C10H8F3N3O. The molecule has 0 unspecified atom stereocenters. The summed E-state index contributed by atoms with van der Waals surface area (Å²) in [6, 6.07) is 5.62. The average molecular weight is 243 g/mol. The van der Waals surface area contributed by atoms with Crippen LogP contribution in [0.15, 0.2) is 30.5 Å². The van der Waals surface area contributed by atoms with E-state index in [9.17, 15) is 13.2 Å². The van der Waals surface area contributed by atoms with Gasteiger partial charge in [-0.3, -0.25) is 0 Å². The quantitative estimate of drug-likeness (QED) is 0.628. The first-order chi connectivity index (χ1) is 7.99. The highest BCUT2D eigenvalue weighted by Crippen LogP contribution is 2.28. The second-order valence-corrected chi connectivity index (χ2v) is 3.23. The van der Waals surface area contributed by atoms with Crippen molar-refractivity contribution in [2.75, 3.05) is 5.43 Å². The lowest BCUT2D eigenvalue weighted by atomic mass is 10.1. The Bertz CT molecular complexity index is 542. The molecule has 0 amide bonds. The molecule has 0 saturated heterocycles. The summed E-state index contributed by atoms with van der Waals surface area (Å²) in [5.74, 6) is 5.19. The van der Waals surface area contributed by atoms with Crippen LogP contribution in [0.1, 0.15) is 0 Å². The number of benzene rings is 1. The summed E-state index contributed by atoms with van der Waals surface area (Å²) >= 11 is 0. The van der Waals surface area contributed by atoms with Crippen LogP contribution in [-0.2, 0) is 0 Å². The van der Waals surface area contributed by atoms with Crippen molar-refractivity contribution in [1.82, 2.24) is 4.98 Å². The number of pyridine rings is 1. The van der Waals surface area contributed by atoms with E-state index in [-0.39, 0.29) is 11.6 Å². The number of aromatic nitrogens is 1. The number of alkyl halides is 3. The Labute approximate surface area is 94.2 Å². The number of fused-ring (bicyclic) bond motifs is 1. The molecule has 2 aromatic rings. The molecule has 1 aromatic carbocycles. The molecule has 90 valence electrons. The number of nitrogens with two attached hydrogens (primary N) is 1. The molecule has 1 aromatic heterocycles. The monoisotopic (exact) mass is 243 g/mol. The van der Waals surface area contributed by atoms with Crippen LogP contribution in [-0.4, -0.2) is 11.3 Å². The van der Waals surface area contributed by atoms with Crippen molar-refractivity contribution in [1.29, 1.82) is 0 Å². The van der Waals surface area contributed by atoms with E-state index >= 15 is 0 Å². The Hall–Kier alpha value is -2.02. The number of halogens is 3. The highest BCUT2D eigenvalue weighted by molar-refractivity contribution is 5.92. The van der Waals surface area contributed by atoms with Crippen LogP contribution >= 0.6 is 0 Å². The van der Waals surface area contributed by atoms with E-state index in [1.807, 2.05) is 0 Å². The molecule has 4 nitrogen and oxygen atoms in total. The lowest BCUT2D eigenvalue weighted by Gasteiger charge is -2.10. The fourth-order valence-electron chi connectivity index (χ4n) is 1.46. The number of hydrazine groups is 1. The molecular weight excluding hydrogens is 235 g/mol. The van der Waals surface area contributed by atoms with E-state index < -0.39 is 6.36 Å². The average Bonchev–Trinajstić information content (AvgIpc) is 2.26. The van der Waals surface area contributed by atoms with E-state index in [0.717, 1.165) is 0 Å². The summed E-state index contributed by atoms with van der Waals surface area (Å²) in [4.78, 5) is 3.89. The minimum absolute atomic E-state index is 0.287. The van der Waals surface area contributed by atoms with Crippen molar-refractivity contribution in [3.63, 3.8) is 0 Å². The third kappa shape index (κ3) is 2.56.